The molecule has 0 bridgehead atoms. The third-order valence-electron chi connectivity index (χ3n) is 3.42. The molecule has 0 unspecified atom stereocenters. The van der Waals surface area contributed by atoms with Crippen molar-refractivity contribution in [3.8, 4) is 5.75 Å². The number of ether oxygens (including phenoxy) is 1. The molecule has 0 aliphatic rings. The molecule has 10 heteroatoms. The molecule has 0 aromatic heterocycles. The Labute approximate surface area is 164 Å². The lowest BCUT2D eigenvalue weighted by Crippen LogP contribution is -2.26. The Morgan fingerprint density at radius 3 is 2.61 bits per heavy atom. The summed E-state index contributed by atoms with van der Waals surface area (Å²) in [6, 6.07) is 11.5. The number of hydrogen-bond acceptors (Lipinski definition) is 4. The highest BCUT2D eigenvalue weighted by molar-refractivity contribution is 7.80. The zero-order chi connectivity index (χ0) is 20.7. The molecule has 0 fully saturated rings. The van der Waals surface area contributed by atoms with Gasteiger partial charge in [-0.1, -0.05) is 24.3 Å². The molecule has 2 rings (SSSR count). The molecule has 2 aromatic rings. The fourth-order valence-corrected chi connectivity index (χ4v) is 2.30. The number of rotatable bonds is 6. The quantitative estimate of drug-likeness (QED) is 0.380. The molecule has 0 radical (unpaired) electrons. The van der Waals surface area contributed by atoms with Crippen molar-refractivity contribution in [2.24, 2.45) is 5.10 Å². The molecule has 0 saturated carbocycles. The maximum Gasteiger partial charge on any atom is 0.418 e. The first-order chi connectivity index (χ1) is 13.2. The van der Waals surface area contributed by atoms with E-state index in [1.165, 1.54) is 18.2 Å². The van der Waals surface area contributed by atoms with Gasteiger partial charge in [0.15, 0.2) is 11.7 Å². The highest BCUT2D eigenvalue weighted by Crippen LogP contribution is 2.34. The van der Waals surface area contributed by atoms with Crippen molar-refractivity contribution in [3.63, 3.8) is 0 Å². The predicted octanol–water partition coefficient (Wildman–Crippen LogP) is 3.88. The molecular weight excluding hydrogens is 395 g/mol. The fourth-order valence-electron chi connectivity index (χ4n) is 2.14. The predicted molar refractivity (Wildman–Crippen MR) is 103 cm³/mol. The number of hydrazone groups is 1. The van der Waals surface area contributed by atoms with Gasteiger partial charge in [0.25, 0.3) is 0 Å². The molecule has 0 saturated heterocycles. The summed E-state index contributed by atoms with van der Waals surface area (Å²) >= 11 is 5.00. The standard InChI is InChI=1S/C18H16F3N3O3S/c1-11(12-5-4-6-13(9-12)27-10-16(25)26)23-24-17(28)22-15-8-3-2-7-14(15)18(19,20)21/h2-9H,10H2,1H3,(H,25,26)(H2,22,24,28)/b23-11-. The number of carbonyl (C=O) groups is 1. The minimum Gasteiger partial charge on any atom is -0.482 e. The Bertz CT molecular complexity index is 901. The van der Waals surface area contributed by atoms with Crippen LogP contribution in [0.3, 0.4) is 0 Å². The number of halogens is 3. The number of carboxylic acid groups (broad SMARTS) is 1. The van der Waals surface area contributed by atoms with Crippen LogP contribution in [0.5, 0.6) is 5.75 Å². The Morgan fingerprint density at radius 1 is 1.21 bits per heavy atom. The highest BCUT2D eigenvalue weighted by atomic mass is 32.1. The van der Waals surface area contributed by atoms with E-state index in [0.717, 1.165) is 6.07 Å². The van der Waals surface area contributed by atoms with Crippen molar-refractivity contribution in [2.75, 3.05) is 11.9 Å². The van der Waals surface area contributed by atoms with Gasteiger partial charge in [0.2, 0.25) is 0 Å². The largest absolute Gasteiger partial charge is 0.482 e. The van der Waals surface area contributed by atoms with Crippen LogP contribution in [0, 0.1) is 0 Å². The summed E-state index contributed by atoms with van der Waals surface area (Å²) in [5.74, 6) is -0.762. The van der Waals surface area contributed by atoms with Crippen LogP contribution >= 0.6 is 12.2 Å². The molecule has 148 valence electrons. The summed E-state index contributed by atoms with van der Waals surface area (Å²) in [4.78, 5) is 10.6. The molecule has 0 spiro atoms. The third-order valence-corrected chi connectivity index (χ3v) is 3.61. The summed E-state index contributed by atoms with van der Waals surface area (Å²) < 4.78 is 44.1. The Kier molecular flexibility index (Phi) is 6.94. The third kappa shape index (κ3) is 6.23. The second-order valence-electron chi connectivity index (χ2n) is 5.52. The van der Waals surface area contributed by atoms with Gasteiger partial charge in [-0.2, -0.15) is 18.3 Å². The number of alkyl halides is 3. The van der Waals surface area contributed by atoms with Crippen LogP contribution in [0.1, 0.15) is 18.1 Å². The number of nitrogens with one attached hydrogen (secondary N) is 2. The first-order valence-electron chi connectivity index (χ1n) is 7.89. The summed E-state index contributed by atoms with van der Waals surface area (Å²) in [5.41, 5.74) is 2.54. The lowest BCUT2D eigenvalue weighted by atomic mass is 10.1. The van der Waals surface area contributed by atoms with Crippen molar-refractivity contribution in [1.29, 1.82) is 0 Å². The van der Waals surface area contributed by atoms with Gasteiger partial charge in [-0.3, -0.25) is 5.43 Å². The second-order valence-corrected chi connectivity index (χ2v) is 5.92. The zero-order valence-electron chi connectivity index (χ0n) is 14.6. The second kappa shape index (κ2) is 9.18. The van der Waals surface area contributed by atoms with E-state index >= 15 is 0 Å². The van der Waals surface area contributed by atoms with Crippen LogP contribution in [-0.4, -0.2) is 28.5 Å². The van der Waals surface area contributed by atoms with Gasteiger partial charge in [0, 0.05) is 5.56 Å². The number of nitrogens with zero attached hydrogens (tertiary/aromatic N) is 1. The van der Waals surface area contributed by atoms with Gasteiger partial charge in [-0.15, -0.1) is 0 Å². The van der Waals surface area contributed by atoms with Crippen molar-refractivity contribution >= 4 is 34.7 Å². The van der Waals surface area contributed by atoms with Crippen LogP contribution in [0.15, 0.2) is 53.6 Å². The molecule has 0 atom stereocenters. The van der Waals surface area contributed by atoms with E-state index in [1.54, 1.807) is 31.2 Å². The number of hydrogen-bond donors (Lipinski definition) is 3. The van der Waals surface area contributed by atoms with Gasteiger partial charge >= 0.3 is 12.1 Å². The van der Waals surface area contributed by atoms with Crippen molar-refractivity contribution in [2.45, 2.75) is 13.1 Å². The maximum atomic E-state index is 13.0. The number of anilines is 1. The van der Waals surface area contributed by atoms with Crippen molar-refractivity contribution in [1.82, 2.24) is 5.43 Å². The molecule has 0 aliphatic heterocycles. The van der Waals surface area contributed by atoms with Gasteiger partial charge in [0.1, 0.15) is 5.75 Å². The minimum absolute atomic E-state index is 0.116. The lowest BCUT2D eigenvalue weighted by Gasteiger charge is -2.14. The topological polar surface area (TPSA) is 83.0 Å². The number of para-hydroxylation sites is 1. The molecule has 3 N–H and O–H groups in total. The SMILES string of the molecule is C/C(=N/NC(=S)Nc1ccccc1C(F)(F)F)c1cccc(OCC(=O)O)c1. The summed E-state index contributed by atoms with van der Waals surface area (Å²) in [6.07, 6.45) is -4.52. The van der Waals surface area contributed by atoms with E-state index in [1.807, 2.05) is 0 Å². The smallest absolute Gasteiger partial charge is 0.418 e. The fraction of sp³-hybridized carbons (Fsp3) is 0.167. The minimum atomic E-state index is -4.52. The van der Waals surface area contributed by atoms with E-state index < -0.39 is 24.3 Å². The first-order valence-corrected chi connectivity index (χ1v) is 8.30. The number of carboxylic acids is 1. The average molecular weight is 411 g/mol. The number of aliphatic carboxylic acids is 1. The van der Waals surface area contributed by atoms with Crippen LogP contribution in [0.25, 0.3) is 0 Å². The number of benzene rings is 2. The first kappa shape index (κ1) is 21.2. The molecule has 0 amide bonds. The van der Waals surface area contributed by atoms with Gasteiger partial charge < -0.3 is 15.2 Å². The zero-order valence-corrected chi connectivity index (χ0v) is 15.4. The summed E-state index contributed by atoms with van der Waals surface area (Å²) in [7, 11) is 0. The monoisotopic (exact) mass is 411 g/mol. The Morgan fingerprint density at radius 2 is 1.93 bits per heavy atom. The van der Waals surface area contributed by atoms with Gasteiger partial charge in [0.05, 0.1) is 17.0 Å². The molecule has 28 heavy (non-hydrogen) atoms. The Balaban J connectivity index is 2.05. The molecular formula is C18H16F3N3O3S. The van der Waals surface area contributed by atoms with E-state index in [0.29, 0.717) is 17.0 Å². The Hall–Kier alpha value is -3.14. The van der Waals surface area contributed by atoms with Crippen LogP contribution in [0.2, 0.25) is 0 Å². The molecule has 0 heterocycles. The molecule has 0 aliphatic carbocycles. The molecule has 2 aromatic carbocycles. The summed E-state index contributed by atoms with van der Waals surface area (Å²) in [5, 5.41) is 15.0. The van der Waals surface area contributed by atoms with Crippen LogP contribution in [-0.2, 0) is 11.0 Å². The van der Waals surface area contributed by atoms with E-state index in [-0.39, 0.29) is 10.8 Å². The maximum absolute atomic E-state index is 13.0. The van der Waals surface area contributed by atoms with E-state index in [4.69, 9.17) is 22.1 Å². The lowest BCUT2D eigenvalue weighted by molar-refractivity contribution is -0.139. The van der Waals surface area contributed by atoms with Crippen molar-refractivity contribution < 1.29 is 27.8 Å². The van der Waals surface area contributed by atoms with E-state index in [2.05, 4.69) is 15.8 Å². The van der Waals surface area contributed by atoms with Crippen molar-refractivity contribution in [3.05, 3.63) is 59.7 Å². The van der Waals surface area contributed by atoms with Crippen LogP contribution < -0.4 is 15.5 Å². The van der Waals surface area contributed by atoms with Gasteiger partial charge in [-0.25, -0.2) is 4.79 Å². The highest BCUT2D eigenvalue weighted by Gasteiger charge is 2.33. The number of thiocarbonyl (C=S) groups is 1. The normalized spacial score (nSPS) is 11.6. The van der Waals surface area contributed by atoms with Gasteiger partial charge in [-0.05, 0) is 43.4 Å². The average Bonchev–Trinajstić information content (AvgIpc) is 2.64. The molecule has 6 nitrogen and oxygen atoms in total. The van der Waals surface area contributed by atoms with E-state index in [9.17, 15) is 18.0 Å². The summed E-state index contributed by atoms with van der Waals surface area (Å²) in [6.45, 7) is 1.17. The van der Waals surface area contributed by atoms with Crippen LogP contribution in [0.4, 0.5) is 18.9 Å².